The molecule has 0 aromatic heterocycles. The molecule has 1 aromatic rings. The first kappa shape index (κ1) is 14.7. The minimum atomic E-state index is -0.499. The average molecular weight is 267 g/mol. The van der Waals surface area contributed by atoms with E-state index in [4.69, 9.17) is 5.84 Å². The number of hydrogen-bond acceptors (Lipinski definition) is 6. The first-order valence-corrected chi connectivity index (χ1v) is 5.67. The Kier molecular flexibility index (Phi) is 5.07. The van der Waals surface area contributed by atoms with E-state index >= 15 is 0 Å². The number of nitrogens with two attached hydrogens (primary N) is 1. The highest BCUT2D eigenvalue weighted by Crippen LogP contribution is 2.34. The van der Waals surface area contributed by atoms with Crippen molar-refractivity contribution in [2.75, 3.05) is 31.0 Å². The zero-order valence-corrected chi connectivity index (χ0v) is 10.8. The van der Waals surface area contributed by atoms with Crippen LogP contribution in [0.5, 0.6) is 0 Å². The van der Waals surface area contributed by atoms with Gasteiger partial charge in [0.05, 0.1) is 4.92 Å². The average Bonchev–Trinajstić information content (AvgIpc) is 2.42. The first-order chi connectivity index (χ1) is 9.01. The summed E-state index contributed by atoms with van der Waals surface area (Å²) in [5.41, 5.74) is 2.83. The van der Waals surface area contributed by atoms with Gasteiger partial charge in [0.2, 0.25) is 5.91 Å². The van der Waals surface area contributed by atoms with Gasteiger partial charge in [0.1, 0.15) is 11.4 Å². The van der Waals surface area contributed by atoms with Crippen LogP contribution < -0.4 is 21.5 Å². The molecule has 0 aliphatic rings. The lowest BCUT2D eigenvalue weighted by molar-refractivity contribution is -0.383. The van der Waals surface area contributed by atoms with E-state index in [2.05, 4.69) is 10.7 Å². The lowest BCUT2D eigenvalue weighted by atomic mass is 10.2. The summed E-state index contributed by atoms with van der Waals surface area (Å²) in [5.74, 6) is 5.14. The molecule has 104 valence electrons. The summed E-state index contributed by atoms with van der Waals surface area (Å²) in [6, 6.07) is 4.80. The smallest absolute Gasteiger partial charge is 0.316 e. The van der Waals surface area contributed by atoms with Crippen LogP contribution in [0.2, 0.25) is 0 Å². The Labute approximate surface area is 110 Å². The first-order valence-electron chi connectivity index (χ1n) is 5.67. The molecule has 0 heterocycles. The van der Waals surface area contributed by atoms with Crippen molar-refractivity contribution < 1.29 is 9.72 Å². The van der Waals surface area contributed by atoms with Gasteiger partial charge in [-0.15, -0.1) is 0 Å². The molecule has 0 aliphatic carbocycles. The number of anilines is 2. The second-order valence-electron chi connectivity index (χ2n) is 3.92. The van der Waals surface area contributed by atoms with Crippen LogP contribution >= 0.6 is 0 Å². The number of carbonyl (C=O) groups excluding carboxylic acids is 1. The minimum Gasteiger partial charge on any atom is -0.368 e. The molecule has 4 N–H and O–H groups in total. The third-order valence-corrected chi connectivity index (χ3v) is 2.72. The minimum absolute atomic E-state index is 0.107. The van der Waals surface area contributed by atoms with E-state index in [0.29, 0.717) is 12.2 Å². The Bertz CT molecular complexity index is 477. The Balaban J connectivity index is 2.99. The highest BCUT2D eigenvalue weighted by molar-refractivity contribution is 5.78. The summed E-state index contributed by atoms with van der Waals surface area (Å²) in [5, 5.41) is 13.6. The van der Waals surface area contributed by atoms with Gasteiger partial charge >= 0.3 is 5.69 Å². The molecule has 8 nitrogen and oxygen atoms in total. The third kappa shape index (κ3) is 3.55. The molecule has 0 bridgehead atoms. The van der Waals surface area contributed by atoms with Gasteiger partial charge < -0.3 is 15.6 Å². The number of benzene rings is 1. The number of hydrogen-bond donors (Lipinski definition) is 3. The Hall–Kier alpha value is -2.35. The van der Waals surface area contributed by atoms with Crippen LogP contribution in [0.1, 0.15) is 6.42 Å². The molecule has 19 heavy (non-hydrogen) atoms. The molecule has 0 saturated carbocycles. The van der Waals surface area contributed by atoms with Crippen molar-refractivity contribution >= 4 is 23.0 Å². The zero-order chi connectivity index (χ0) is 14.4. The number of rotatable bonds is 6. The molecular weight excluding hydrogens is 250 g/mol. The predicted molar refractivity (Wildman–Crippen MR) is 72.9 cm³/mol. The van der Waals surface area contributed by atoms with Gasteiger partial charge in [0.25, 0.3) is 0 Å². The number of carbonyl (C=O) groups is 1. The van der Waals surface area contributed by atoms with Crippen LogP contribution in [0.4, 0.5) is 17.1 Å². The maximum Gasteiger partial charge on any atom is 0.316 e. The summed E-state index contributed by atoms with van der Waals surface area (Å²) in [4.78, 5) is 23.4. The van der Waals surface area contributed by atoms with E-state index in [1.807, 2.05) is 0 Å². The van der Waals surface area contributed by atoms with Crippen molar-refractivity contribution in [2.45, 2.75) is 6.42 Å². The number of nitrogens with zero attached hydrogens (tertiary/aromatic N) is 2. The fourth-order valence-electron chi connectivity index (χ4n) is 1.66. The fraction of sp³-hybridized carbons (Fsp3) is 0.364. The maximum atomic E-state index is 11.2. The molecular formula is C11H17N5O3. The van der Waals surface area contributed by atoms with E-state index in [1.165, 1.54) is 6.07 Å². The molecule has 0 radical (unpaired) electrons. The predicted octanol–water partition coefficient (Wildman–Crippen LogP) is 0.453. The highest BCUT2D eigenvalue weighted by Gasteiger charge is 2.21. The van der Waals surface area contributed by atoms with Crippen molar-refractivity contribution in [1.29, 1.82) is 0 Å². The zero-order valence-electron chi connectivity index (χ0n) is 10.8. The SMILES string of the molecule is CNC(=O)CCN(C)c1cccc(NN)c1[N+](=O)[O-]. The van der Waals surface area contributed by atoms with E-state index in [0.717, 1.165) is 0 Å². The summed E-state index contributed by atoms with van der Waals surface area (Å²) < 4.78 is 0. The standard InChI is InChI=1S/C11H17N5O3/c1-13-10(17)6-7-15(2)9-5-3-4-8(14-12)11(9)16(18)19/h3-5,14H,6-7,12H2,1-2H3,(H,13,17). The van der Waals surface area contributed by atoms with Crippen molar-refractivity contribution in [2.24, 2.45) is 5.84 Å². The van der Waals surface area contributed by atoms with Crippen molar-refractivity contribution in [3.05, 3.63) is 28.3 Å². The van der Waals surface area contributed by atoms with Gasteiger partial charge in [0.15, 0.2) is 0 Å². The summed E-state index contributed by atoms with van der Waals surface area (Å²) in [6.45, 7) is 0.370. The van der Waals surface area contributed by atoms with Gasteiger partial charge in [-0.3, -0.25) is 20.8 Å². The van der Waals surface area contributed by atoms with Crippen LogP contribution in [0, 0.1) is 10.1 Å². The third-order valence-electron chi connectivity index (χ3n) is 2.72. The van der Waals surface area contributed by atoms with Gasteiger partial charge in [0, 0.05) is 27.1 Å². The van der Waals surface area contributed by atoms with Gasteiger partial charge in [-0.1, -0.05) is 6.07 Å². The lowest BCUT2D eigenvalue weighted by Gasteiger charge is -2.19. The number of nitro groups is 1. The van der Waals surface area contributed by atoms with Crippen LogP contribution in [-0.4, -0.2) is 31.5 Å². The van der Waals surface area contributed by atoms with Crippen molar-refractivity contribution in [3.63, 3.8) is 0 Å². The van der Waals surface area contributed by atoms with Gasteiger partial charge in [-0.25, -0.2) is 0 Å². The van der Waals surface area contributed by atoms with E-state index in [9.17, 15) is 14.9 Å². The van der Waals surface area contributed by atoms with Crippen LogP contribution in [0.15, 0.2) is 18.2 Å². The normalized spacial score (nSPS) is 9.84. The maximum absolute atomic E-state index is 11.2. The van der Waals surface area contributed by atoms with E-state index in [-0.39, 0.29) is 23.7 Å². The number of amides is 1. The largest absolute Gasteiger partial charge is 0.368 e. The molecule has 8 heteroatoms. The molecule has 0 aliphatic heterocycles. The number of para-hydroxylation sites is 1. The summed E-state index contributed by atoms with van der Waals surface area (Å²) in [6.07, 6.45) is 0.254. The topological polar surface area (TPSA) is 114 Å². The van der Waals surface area contributed by atoms with Gasteiger partial charge in [-0.2, -0.15) is 0 Å². The number of nitrogen functional groups attached to an aromatic ring is 1. The lowest BCUT2D eigenvalue weighted by Crippen LogP contribution is -2.27. The Morgan fingerprint density at radius 2 is 2.21 bits per heavy atom. The Morgan fingerprint density at radius 1 is 1.53 bits per heavy atom. The quantitative estimate of drug-likeness (QED) is 0.392. The molecule has 0 atom stereocenters. The van der Waals surface area contributed by atoms with Crippen LogP contribution in [0.3, 0.4) is 0 Å². The van der Waals surface area contributed by atoms with Crippen molar-refractivity contribution in [3.8, 4) is 0 Å². The monoisotopic (exact) mass is 267 g/mol. The van der Waals surface area contributed by atoms with Crippen LogP contribution in [-0.2, 0) is 4.79 Å². The van der Waals surface area contributed by atoms with Crippen molar-refractivity contribution in [1.82, 2.24) is 5.32 Å². The molecule has 0 fully saturated rings. The molecule has 0 spiro atoms. The summed E-state index contributed by atoms with van der Waals surface area (Å²) in [7, 11) is 3.23. The highest BCUT2D eigenvalue weighted by atomic mass is 16.6. The second-order valence-corrected chi connectivity index (χ2v) is 3.92. The second kappa shape index (κ2) is 6.55. The molecule has 1 aromatic carbocycles. The van der Waals surface area contributed by atoms with E-state index < -0.39 is 4.92 Å². The van der Waals surface area contributed by atoms with Gasteiger partial charge in [-0.05, 0) is 12.1 Å². The molecule has 1 amide bonds. The molecule has 1 rings (SSSR count). The fourth-order valence-corrected chi connectivity index (χ4v) is 1.66. The molecule has 0 saturated heterocycles. The Morgan fingerprint density at radius 3 is 2.74 bits per heavy atom. The van der Waals surface area contributed by atoms with E-state index in [1.54, 1.807) is 31.1 Å². The van der Waals surface area contributed by atoms with Crippen LogP contribution in [0.25, 0.3) is 0 Å². The number of nitrogens with one attached hydrogen (secondary N) is 2. The molecule has 0 unspecified atom stereocenters. The number of hydrazine groups is 1. The number of nitro benzene ring substituents is 1. The summed E-state index contributed by atoms with van der Waals surface area (Å²) >= 11 is 0.